The molecule has 1 aliphatic carbocycles. The average molecular weight is 209 g/mol. The Kier molecular flexibility index (Phi) is 4.17. The second-order valence-electron chi connectivity index (χ2n) is 3.64. The fourth-order valence-corrected chi connectivity index (χ4v) is 1.91. The summed E-state index contributed by atoms with van der Waals surface area (Å²) >= 11 is 0. The maximum atomic E-state index is 11.6. The van der Waals surface area contributed by atoms with Gasteiger partial charge in [0.15, 0.2) is 0 Å². The van der Waals surface area contributed by atoms with Gasteiger partial charge in [0, 0.05) is 6.04 Å². The van der Waals surface area contributed by atoms with Gasteiger partial charge in [-0.2, -0.15) is 0 Å². The van der Waals surface area contributed by atoms with Gasteiger partial charge >= 0.3 is 5.97 Å². The van der Waals surface area contributed by atoms with E-state index in [9.17, 15) is 9.59 Å². The fourth-order valence-electron chi connectivity index (χ4n) is 1.91. The number of hydrogen-bond donors (Lipinski definition) is 1. The zero-order chi connectivity index (χ0) is 11.3. The van der Waals surface area contributed by atoms with Crippen LogP contribution >= 0.6 is 0 Å². The minimum Gasteiger partial charge on any atom is -0.480 e. The summed E-state index contributed by atoms with van der Waals surface area (Å²) in [5.74, 6) is 3.56. The molecule has 0 heterocycles. The minimum atomic E-state index is -0.979. The molecule has 0 saturated heterocycles. The van der Waals surface area contributed by atoms with E-state index in [4.69, 9.17) is 5.11 Å². The first kappa shape index (κ1) is 11.6. The van der Waals surface area contributed by atoms with Crippen LogP contribution in [0.25, 0.3) is 0 Å². The summed E-state index contributed by atoms with van der Waals surface area (Å²) in [5.41, 5.74) is 0. The Hall–Kier alpha value is -1.50. The van der Waals surface area contributed by atoms with Gasteiger partial charge in [0.25, 0.3) is 5.91 Å². The monoisotopic (exact) mass is 209 g/mol. The molecule has 1 aliphatic rings. The molecule has 0 unspecified atom stereocenters. The number of carboxylic acids is 1. The van der Waals surface area contributed by atoms with Crippen LogP contribution in [0.3, 0.4) is 0 Å². The normalized spacial score (nSPS) is 15.5. The Morgan fingerprint density at radius 1 is 1.40 bits per heavy atom. The molecule has 1 amide bonds. The van der Waals surface area contributed by atoms with Crippen molar-refractivity contribution in [3.63, 3.8) is 0 Å². The summed E-state index contributed by atoms with van der Waals surface area (Å²) in [4.78, 5) is 23.6. The van der Waals surface area contributed by atoms with E-state index in [1.165, 1.54) is 4.90 Å². The predicted molar refractivity (Wildman–Crippen MR) is 55.1 cm³/mol. The largest absolute Gasteiger partial charge is 0.480 e. The van der Waals surface area contributed by atoms with E-state index in [1.54, 1.807) is 6.92 Å². The third kappa shape index (κ3) is 3.28. The van der Waals surface area contributed by atoms with Crippen LogP contribution in [-0.4, -0.2) is 34.5 Å². The highest BCUT2D eigenvalue weighted by Gasteiger charge is 2.27. The molecule has 1 fully saturated rings. The topological polar surface area (TPSA) is 57.6 Å². The molecule has 1 N–H and O–H groups in total. The fraction of sp³-hybridized carbons (Fsp3) is 0.636. The van der Waals surface area contributed by atoms with Crippen molar-refractivity contribution < 1.29 is 14.7 Å². The molecule has 4 heteroatoms. The number of carbonyl (C=O) groups excluding carboxylic acids is 1. The van der Waals surface area contributed by atoms with Gasteiger partial charge in [-0.05, 0) is 25.7 Å². The van der Waals surface area contributed by atoms with Crippen LogP contribution < -0.4 is 0 Å². The predicted octanol–water partition coefficient (Wildman–Crippen LogP) is 0.865. The van der Waals surface area contributed by atoms with E-state index in [1.807, 2.05) is 0 Å². The van der Waals surface area contributed by atoms with E-state index in [0.717, 1.165) is 25.7 Å². The molecule has 15 heavy (non-hydrogen) atoms. The highest BCUT2D eigenvalue weighted by molar-refractivity contribution is 5.95. The van der Waals surface area contributed by atoms with E-state index in [2.05, 4.69) is 11.8 Å². The lowest BCUT2D eigenvalue weighted by Gasteiger charge is -2.24. The van der Waals surface area contributed by atoms with Crippen LogP contribution in [0.4, 0.5) is 0 Å². The maximum absolute atomic E-state index is 11.6. The van der Waals surface area contributed by atoms with Gasteiger partial charge in [0.05, 0.1) is 0 Å². The Bertz CT molecular complexity index is 308. The van der Waals surface area contributed by atoms with Crippen LogP contribution in [-0.2, 0) is 9.59 Å². The van der Waals surface area contributed by atoms with Crippen molar-refractivity contribution in [2.45, 2.75) is 38.6 Å². The molecule has 0 radical (unpaired) electrons. The lowest BCUT2D eigenvalue weighted by Crippen LogP contribution is -2.41. The van der Waals surface area contributed by atoms with E-state index < -0.39 is 5.97 Å². The van der Waals surface area contributed by atoms with Crippen LogP contribution in [0, 0.1) is 11.8 Å². The maximum Gasteiger partial charge on any atom is 0.323 e. The first-order chi connectivity index (χ1) is 7.15. The first-order valence-electron chi connectivity index (χ1n) is 5.10. The number of aliphatic carboxylic acids is 1. The van der Waals surface area contributed by atoms with Crippen molar-refractivity contribution in [2.75, 3.05) is 6.54 Å². The Balaban J connectivity index is 2.70. The number of nitrogens with zero attached hydrogens (tertiary/aromatic N) is 1. The minimum absolute atomic E-state index is 0.0643. The van der Waals surface area contributed by atoms with Gasteiger partial charge < -0.3 is 10.0 Å². The molecule has 1 rings (SSSR count). The van der Waals surface area contributed by atoms with Crippen molar-refractivity contribution >= 4 is 11.9 Å². The molecule has 4 nitrogen and oxygen atoms in total. The smallest absolute Gasteiger partial charge is 0.323 e. The van der Waals surface area contributed by atoms with Gasteiger partial charge in [-0.3, -0.25) is 9.59 Å². The molecule has 0 atom stereocenters. The SMILES string of the molecule is CC#CC(=O)N(CC(=O)O)C1CCCC1. The van der Waals surface area contributed by atoms with Crippen molar-refractivity contribution in [1.82, 2.24) is 4.90 Å². The molecule has 0 aromatic carbocycles. The van der Waals surface area contributed by atoms with Crippen LogP contribution in [0.15, 0.2) is 0 Å². The number of carboxylic acid groups (broad SMARTS) is 1. The highest BCUT2D eigenvalue weighted by atomic mass is 16.4. The van der Waals surface area contributed by atoms with Gasteiger partial charge in [-0.1, -0.05) is 18.8 Å². The van der Waals surface area contributed by atoms with Crippen molar-refractivity contribution in [3.05, 3.63) is 0 Å². The molecule has 0 aliphatic heterocycles. The molecular weight excluding hydrogens is 194 g/mol. The summed E-state index contributed by atoms with van der Waals surface area (Å²) < 4.78 is 0. The second kappa shape index (κ2) is 5.40. The van der Waals surface area contributed by atoms with E-state index >= 15 is 0 Å². The van der Waals surface area contributed by atoms with E-state index in [0.29, 0.717) is 0 Å². The molecule has 1 saturated carbocycles. The van der Waals surface area contributed by atoms with Crippen LogP contribution in [0.2, 0.25) is 0 Å². The lowest BCUT2D eigenvalue weighted by molar-refractivity contribution is -0.143. The van der Waals surface area contributed by atoms with Gasteiger partial charge in [0.1, 0.15) is 6.54 Å². The standard InChI is InChI=1S/C11H15NO3/c1-2-5-10(13)12(8-11(14)15)9-6-3-4-7-9/h9H,3-4,6-8H2,1H3,(H,14,15). The third-order valence-electron chi connectivity index (χ3n) is 2.56. The Labute approximate surface area is 89.3 Å². The summed E-state index contributed by atoms with van der Waals surface area (Å²) in [7, 11) is 0. The number of amides is 1. The van der Waals surface area contributed by atoms with E-state index in [-0.39, 0.29) is 18.5 Å². The number of hydrogen-bond acceptors (Lipinski definition) is 2. The first-order valence-corrected chi connectivity index (χ1v) is 5.10. The number of rotatable bonds is 3. The molecule has 0 aromatic rings. The quantitative estimate of drug-likeness (QED) is 0.701. The molecule has 0 spiro atoms. The van der Waals surface area contributed by atoms with Crippen LogP contribution in [0.5, 0.6) is 0 Å². The zero-order valence-electron chi connectivity index (χ0n) is 8.82. The van der Waals surface area contributed by atoms with Gasteiger partial charge in [-0.15, -0.1) is 0 Å². The zero-order valence-corrected chi connectivity index (χ0v) is 8.82. The summed E-state index contributed by atoms with van der Waals surface area (Å²) in [6.07, 6.45) is 3.91. The van der Waals surface area contributed by atoms with Crippen LogP contribution in [0.1, 0.15) is 32.6 Å². The van der Waals surface area contributed by atoms with Gasteiger partial charge in [0.2, 0.25) is 0 Å². The summed E-state index contributed by atoms with van der Waals surface area (Å²) in [5, 5.41) is 8.72. The Morgan fingerprint density at radius 2 is 2.00 bits per heavy atom. The molecular formula is C11H15NO3. The lowest BCUT2D eigenvalue weighted by atomic mass is 10.2. The number of carbonyl (C=O) groups is 2. The summed E-state index contributed by atoms with van der Waals surface area (Å²) in [6, 6.07) is 0.0643. The third-order valence-corrected chi connectivity index (χ3v) is 2.56. The highest BCUT2D eigenvalue weighted by Crippen LogP contribution is 2.23. The second-order valence-corrected chi connectivity index (χ2v) is 3.64. The molecule has 0 aromatic heterocycles. The molecule has 0 bridgehead atoms. The molecule has 82 valence electrons. The van der Waals surface area contributed by atoms with Crippen molar-refractivity contribution in [3.8, 4) is 11.8 Å². The van der Waals surface area contributed by atoms with Gasteiger partial charge in [-0.25, -0.2) is 0 Å². The van der Waals surface area contributed by atoms with Crippen molar-refractivity contribution in [2.24, 2.45) is 0 Å². The average Bonchev–Trinajstić information content (AvgIpc) is 2.66. The summed E-state index contributed by atoms with van der Waals surface area (Å²) in [6.45, 7) is 1.34. The Morgan fingerprint density at radius 3 is 2.47 bits per heavy atom. The van der Waals surface area contributed by atoms with Crippen molar-refractivity contribution in [1.29, 1.82) is 0 Å².